The highest BCUT2D eigenvalue weighted by molar-refractivity contribution is 7.14. The fraction of sp³-hybridized carbons (Fsp3) is 0.444. The van der Waals surface area contributed by atoms with E-state index in [4.69, 9.17) is 11.6 Å². The van der Waals surface area contributed by atoms with Gasteiger partial charge in [-0.1, -0.05) is 50.5 Å². The second kappa shape index (κ2) is 9.04. The number of carbonyl (C=O) groups excluding carboxylic acids is 1. The van der Waals surface area contributed by atoms with E-state index in [2.05, 4.69) is 41.5 Å². The molecule has 2 aromatic rings. The highest BCUT2D eigenvalue weighted by Crippen LogP contribution is 2.25. The number of alkyl halides is 1. The van der Waals surface area contributed by atoms with Crippen molar-refractivity contribution in [3.05, 3.63) is 35.2 Å². The van der Waals surface area contributed by atoms with Crippen LogP contribution in [-0.2, 0) is 11.2 Å². The zero-order chi connectivity index (χ0) is 16.7. The molecule has 1 aromatic carbocycles. The van der Waals surface area contributed by atoms with E-state index >= 15 is 0 Å². The molecule has 1 N–H and O–H groups in total. The van der Waals surface area contributed by atoms with E-state index in [0.29, 0.717) is 5.13 Å². The first kappa shape index (κ1) is 18.0. The fourth-order valence-corrected chi connectivity index (χ4v) is 3.04. The Morgan fingerprint density at radius 3 is 2.65 bits per heavy atom. The first-order valence-corrected chi connectivity index (χ1v) is 9.41. The standard InChI is InChI=1S/C18H23ClN2OS/c1-3-4-5-6-7-14-8-10-15(11-9-14)16-12-23-18(20-16)21-17(22)13(2)19/h8-13H,3-7H2,1-2H3,(H,20,21,22). The van der Waals surface area contributed by atoms with Crippen LogP contribution in [0.3, 0.4) is 0 Å². The van der Waals surface area contributed by atoms with Crippen molar-refractivity contribution in [3.63, 3.8) is 0 Å². The molecule has 124 valence electrons. The summed E-state index contributed by atoms with van der Waals surface area (Å²) in [7, 11) is 0. The van der Waals surface area contributed by atoms with Gasteiger partial charge in [-0.3, -0.25) is 4.79 Å². The number of nitrogens with one attached hydrogen (secondary N) is 1. The number of hydrogen-bond donors (Lipinski definition) is 1. The van der Waals surface area contributed by atoms with Crippen molar-refractivity contribution in [2.24, 2.45) is 0 Å². The molecule has 0 aliphatic rings. The average molecular weight is 351 g/mol. The molecule has 1 aromatic heterocycles. The van der Waals surface area contributed by atoms with Crippen LogP contribution in [0, 0.1) is 0 Å². The maximum atomic E-state index is 11.6. The molecule has 1 amide bonds. The minimum atomic E-state index is -0.561. The molecule has 1 heterocycles. The van der Waals surface area contributed by atoms with Gasteiger partial charge in [0.25, 0.3) is 0 Å². The fourth-order valence-electron chi connectivity index (χ4n) is 2.27. The number of benzene rings is 1. The lowest BCUT2D eigenvalue weighted by molar-refractivity contribution is -0.115. The summed E-state index contributed by atoms with van der Waals surface area (Å²) < 4.78 is 0. The topological polar surface area (TPSA) is 42.0 Å². The van der Waals surface area contributed by atoms with Crippen LogP contribution < -0.4 is 5.32 Å². The molecule has 0 aliphatic heterocycles. The molecule has 0 radical (unpaired) electrons. The Hall–Kier alpha value is -1.39. The molecule has 5 heteroatoms. The van der Waals surface area contributed by atoms with E-state index in [-0.39, 0.29) is 5.91 Å². The summed E-state index contributed by atoms with van der Waals surface area (Å²) in [5.74, 6) is -0.227. The van der Waals surface area contributed by atoms with Crippen LogP contribution in [0.1, 0.15) is 45.1 Å². The van der Waals surface area contributed by atoms with E-state index < -0.39 is 5.38 Å². The summed E-state index contributed by atoms with van der Waals surface area (Å²) in [6.45, 7) is 3.87. The Labute approximate surface area is 147 Å². The van der Waals surface area contributed by atoms with E-state index in [1.165, 1.54) is 42.6 Å². The van der Waals surface area contributed by atoms with Gasteiger partial charge in [-0.2, -0.15) is 0 Å². The van der Waals surface area contributed by atoms with Crippen molar-refractivity contribution in [3.8, 4) is 11.3 Å². The first-order chi connectivity index (χ1) is 11.1. The molecule has 0 fully saturated rings. The van der Waals surface area contributed by atoms with Gasteiger partial charge in [-0.05, 0) is 25.3 Å². The highest BCUT2D eigenvalue weighted by Gasteiger charge is 2.12. The molecular weight excluding hydrogens is 328 g/mol. The van der Waals surface area contributed by atoms with Gasteiger partial charge in [0.15, 0.2) is 5.13 Å². The van der Waals surface area contributed by atoms with Gasteiger partial charge < -0.3 is 5.32 Å². The molecular formula is C18H23ClN2OS. The van der Waals surface area contributed by atoms with Crippen LogP contribution in [0.5, 0.6) is 0 Å². The van der Waals surface area contributed by atoms with Crippen LogP contribution in [-0.4, -0.2) is 16.3 Å². The van der Waals surface area contributed by atoms with E-state index in [1.54, 1.807) is 6.92 Å². The van der Waals surface area contributed by atoms with E-state index in [1.807, 2.05) is 5.38 Å². The molecule has 0 aliphatic carbocycles. The number of halogens is 1. The van der Waals surface area contributed by atoms with Crippen molar-refractivity contribution in [1.29, 1.82) is 0 Å². The van der Waals surface area contributed by atoms with Crippen molar-refractivity contribution < 1.29 is 4.79 Å². The predicted octanol–water partition coefficient (Wildman–Crippen LogP) is 5.50. The van der Waals surface area contributed by atoms with Gasteiger partial charge >= 0.3 is 0 Å². The third kappa shape index (κ3) is 5.63. The molecule has 23 heavy (non-hydrogen) atoms. The maximum Gasteiger partial charge on any atom is 0.243 e. The lowest BCUT2D eigenvalue weighted by atomic mass is 10.0. The minimum Gasteiger partial charge on any atom is -0.301 e. The van der Waals surface area contributed by atoms with Gasteiger partial charge in [-0.15, -0.1) is 22.9 Å². The summed E-state index contributed by atoms with van der Waals surface area (Å²) >= 11 is 7.16. The molecule has 1 unspecified atom stereocenters. The molecule has 1 atom stereocenters. The van der Waals surface area contributed by atoms with Crippen molar-refractivity contribution in [1.82, 2.24) is 4.98 Å². The molecule has 0 bridgehead atoms. The number of thiazole rings is 1. The van der Waals surface area contributed by atoms with Gasteiger partial charge in [0.05, 0.1) is 5.69 Å². The largest absolute Gasteiger partial charge is 0.301 e. The lowest BCUT2D eigenvalue weighted by Crippen LogP contribution is -2.20. The number of anilines is 1. The average Bonchev–Trinajstić information content (AvgIpc) is 3.00. The molecule has 0 saturated carbocycles. The van der Waals surface area contributed by atoms with E-state index in [9.17, 15) is 4.79 Å². The molecule has 0 spiro atoms. The first-order valence-electron chi connectivity index (χ1n) is 8.10. The van der Waals surface area contributed by atoms with Gasteiger partial charge in [-0.25, -0.2) is 4.98 Å². The Morgan fingerprint density at radius 1 is 1.26 bits per heavy atom. The minimum absolute atomic E-state index is 0.227. The molecule has 3 nitrogen and oxygen atoms in total. The van der Waals surface area contributed by atoms with Gasteiger partial charge in [0.1, 0.15) is 5.38 Å². The summed E-state index contributed by atoms with van der Waals surface area (Å²) in [6.07, 6.45) is 6.26. The third-order valence-electron chi connectivity index (χ3n) is 3.66. The maximum absolute atomic E-state index is 11.6. The normalized spacial score (nSPS) is 12.1. The van der Waals surface area contributed by atoms with Crippen molar-refractivity contribution in [2.75, 3.05) is 5.32 Å². The van der Waals surface area contributed by atoms with Crippen LogP contribution in [0.4, 0.5) is 5.13 Å². The number of aryl methyl sites for hydroxylation is 1. The monoisotopic (exact) mass is 350 g/mol. The highest BCUT2D eigenvalue weighted by atomic mass is 35.5. The smallest absolute Gasteiger partial charge is 0.243 e. The van der Waals surface area contributed by atoms with Crippen molar-refractivity contribution in [2.45, 2.75) is 51.3 Å². The van der Waals surface area contributed by atoms with Crippen LogP contribution in [0.2, 0.25) is 0 Å². The number of carbonyl (C=O) groups is 1. The van der Waals surface area contributed by atoms with Gasteiger partial charge in [0, 0.05) is 10.9 Å². The summed E-state index contributed by atoms with van der Waals surface area (Å²) in [6, 6.07) is 8.53. The predicted molar refractivity (Wildman–Crippen MR) is 99.3 cm³/mol. The number of rotatable bonds is 8. The zero-order valence-corrected chi connectivity index (χ0v) is 15.2. The third-order valence-corrected chi connectivity index (χ3v) is 4.62. The zero-order valence-electron chi connectivity index (χ0n) is 13.6. The number of aromatic nitrogens is 1. The van der Waals surface area contributed by atoms with Crippen LogP contribution in [0.15, 0.2) is 29.6 Å². The Morgan fingerprint density at radius 2 is 2.00 bits per heavy atom. The Balaban J connectivity index is 1.94. The molecule has 2 rings (SSSR count). The van der Waals surface area contributed by atoms with E-state index in [0.717, 1.165) is 17.7 Å². The van der Waals surface area contributed by atoms with Crippen LogP contribution >= 0.6 is 22.9 Å². The second-order valence-corrected chi connectivity index (χ2v) is 7.16. The quantitative estimate of drug-likeness (QED) is 0.504. The molecule has 0 saturated heterocycles. The summed E-state index contributed by atoms with van der Waals surface area (Å²) in [5, 5.41) is 4.69. The number of nitrogens with zero attached hydrogens (tertiary/aromatic N) is 1. The van der Waals surface area contributed by atoms with Crippen LogP contribution in [0.25, 0.3) is 11.3 Å². The second-order valence-electron chi connectivity index (χ2n) is 5.65. The SMILES string of the molecule is CCCCCCc1ccc(-c2csc(NC(=O)C(C)Cl)n2)cc1. The summed E-state index contributed by atoms with van der Waals surface area (Å²) in [5.41, 5.74) is 3.31. The number of amides is 1. The van der Waals surface area contributed by atoms with Crippen molar-refractivity contribution >= 4 is 34.0 Å². The number of hydrogen-bond acceptors (Lipinski definition) is 3. The van der Waals surface area contributed by atoms with Gasteiger partial charge in [0.2, 0.25) is 5.91 Å². The number of unbranched alkanes of at least 4 members (excludes halogenated alkanes) is 3. The Bertz CT molecular complexity index is 622. The summed E-state index contributed by atoms with van der Waals surface area (Å²) in [4.78, 5) is 16.0. The lowest BCUT2D eigenvalue weighted by Gasteiger charge is -2.03. The Kier molecular flexibility index (Phi) is 7.06.